The molecule has 2 heterocycles. The van der Waals surface area contributed by atoms with Gasteiger partial charge < -0.3 is 9.88 Å². The molecule has 0 saturated heterocycles. The average molecular weight is 305 g/mol. The Bertz CT molecular complexity index is 595. The maximum Gasteiger partial charge on any atom is 0.417 e. The van der Waals surface area contributed by atoms with Crippen LogP contribution in [0.4, 0.5) is 19.0 Å². The highest BCUT2D eigenvalue weighted by Crippen LogP contribution is 2.32. The van der Waals surface area contributed by atoms with E-state index in [4.69, 9.17) is 11.6 Å². The first kappa shape index (κ1) is 14.6. The van der Waals surface area contributed by atoms with E-state index in [-0.39, 0.29) is 10.8 Å². The highest BCUT2D eigenvalue weighted by Gasteiger charge is 2.31. The van der Waals surface area contributed by atoms with Crippen molar-refractivity contribution in [3.8, 4) is 0 Å². The molecular weight excluding hydrogens is 293 g/mol. The molecule has 2 aromatic rings. The van der Waals surface area contributed by atoms with Gasteiger partial charge in [-0.1, -0.05) is 11.6 Å². The molecule has 0 atom stereocenters. The fourth-order valence-electron chi connectivity index (χ4n) is 1.65. The Kier molecular flexibility index (Phi) is 4.17. The Morgan fingerprint density at radius 1 is 1.35 bits per heavy atom. The third-order valence-corrected chi connectivity index (χ3v) is 3.02. The first-order valence-corrected chi connectivity index (χ1v) is 6.18. The molecule has 0 fully saturated rings. The molecule has 2 rings (SSSR count). The van der Waals surface area contributed by atoms with Crippen LogP contribution in [0.25, 0.3) is 0 Å². The lowest BCUT2D eigenvalue weighted by atomic mass is 10.2. The second kappa shape index (κ2) is 5.70. The van der Waals surface area contributed by atoms with E-state index in [1.807, 2.05) is 17.8 Å². The van der Waals surface area contributed by atoms with Crippen LogP contribution in [0, 0.1) is 0 Å². The summed E-state index contributed by atoms with van der Waals surface area (Å²) in [7, 11) is 1.87. The van der Waals surface area contributed by atoms with E-state index < -0.39 is 11.7 Å². The molecule has 108 valence electrons. The predicted molar refractivity (Wildman–Crippen MR) is 69.7 cm³/mol. The lowest BCUT2D eigenvalue weighted by molar-refractivity contribution is -0.137. The van der Waals surface area contributed by atoms with Gasteiger partial charge in [-0.25, -0.2) is 9.97 Å². The van der Waals surface area contributed by atoms with E-state index in [1.165, 1.54) is 0 Å². The molecule has 0 unspecified atom stereocenters. The average Bonchev–Trinajstić information content (AvgIpc) is 2.76. The summed E-state index contributed by atoms with van der Waals surface area (Å²) in [5.41, 5.74) is -0.864. The van der Waals surface area contributed by atoms with Crippen LogP contribution in [0.2, 0.25) is 5.02 Å². The Balaban J connectivity index is 1.98. The lowest BCUT2D eigenvalue weighted by Gasteiger charge is -2.10. The van der Waals surface area contributed by atoms with Crippen molar-refractivity contribution in [2.45, 2.75) is 12.6 Å². The second-order valence-electron chi connectivity index (χ2n) is 4.18. The number of hydrogen-bond acceptors (Lipinski definition) is 3. The topological polar surface area (TPSA) is 42.7 Å². The predicted octanol–water partition coefficient (Wildman–Crippen LogP) is 3.14. The number of halogens is 4. The van der Waals surface area contributed by atoms with Crippen molar-refractivity contribution in [1.82, 2.24) is 14.5 Å². The third-order valence-electron chi connectivity index (χ3n) is 2.73. The van der Waals surface area contributed by atoms with Gasteiger partial charge in [0.1, 0.15) is 11.6 Å². The van der Waals surface area contributed by atoms with Crippen LogP contribution in [-0.2, 0) is 19.6 Å². The highest BCUT2D eigenvalue weighted by molar-refractivity contribution is 6.32. The molecule has 20 heavy (non-hydrogen) atoms. The van der Waals surface area contributed by atoms with Crippen molar-refractivity contribution in [3.05, 3.63) is 41.1 Å². The van der Waals surface area contributed by atoms with Crippen molar-refractivity contribution in [2.75, 3.05) is 11.9 Å². The van der Waals surface area contributed by atoms with Gasteiger partial charge in [-0.15, -0.1) is 0 Å². The third kappa shape index (κ3) is 3.41. The van der Waals surface area contributed by atoms with Gasteiger partial charge in [-0.3, -0.25) is 0 Å². The largest absolute Gasteiger partial charge is 0.417 e. The second-order valence-corrected chi connectivity index (χ2v) is 4.59. The Labute approximate surface area is 118 Å². The quantitative estimate of drug-likeness (QED) is 0.943. The van der Waals surface area contributed by atoms with Gasteiger partial charge in [-0.2, -0.15) is 13.2 Å². The van der Waals surface area contributed by atoms with Crippen LogP contribution in [-0.4, -0.2) is 21.1 Å². The van der Waals surface area contributed by atoms with Crippen molar-refractivity contribution in [2.24, 2.45) is 7.05 Å². The molecule has 0 aromatic carbocycles. The van der Waals surface area contributed by atoms with Crippen LogP contribution >= 0.6 is 11.6 Å². The summed E-state index contributed by atoms with van der Waals surface area (Å²) in [6.45, 7) is 0.475. The first-order chi connectivity index (χ1) is 9.38. The number of anilines is 1. The summed E-state index contributed by atoms with van der Waals surface area (Å²) in [6.07, 6.45) is 0.428. The number of rotatable bonds is 4. The van der Waals surface area contributed by atoms with Crippen LogP contribution < -0.4 is 5.32 Å². The summed E-state index contributed by atoms with van der Waals surface area (Å²) < 4.78 is 39.2. The van der Waals surface area contributed by atoms with E-state index in [0.29, 0.717) is 13.0 Å². The van der Waals surface area contributed by atoms with Crippen molar-refractivity contribution in [1.29, 1.82) is 0 Å². The minimum absolute atomic E-state index is 0.0559. The maximum absolute atomic E-state index is 12.5. The standard InChI is InChI=1S/C12H12ClF3N4/c1-20-5-4-17-10(20)2-3-18-11-9(13)6-8(7-19-11)12(14,15)16/h4-7H,2-3H2,1H3,(H,18,19). The van der Waals surface area contributed by atoms with Gasteiger partial charge in [-0.05, 0) is 6.07 Å². The first-order valence-electron chi connectivity index (χ1n) is 5.81. The highest BCUT2D eigenvalue weighted by atomic mass is 35.5. The molecule has 8 heteroatoms. The molecule has 0 aliphatic carbocycles. The SMILES string of the molecule is Cn1ccnc1CCNc1ncc(C(F)(F)F)cc1Cl. The Morgan fingerprint density at radius 2 is 2.10 bits per heavy atom. The minimum atomic E-state index is -4.44. The molecule has 0 radical (unpaired) electrons. The monoisotopic (exact) mass is 304 g/mol. The number of aryl methyl sites for hydroxylation is 1. The van der Waals surface area contributed by atoms with Crippen LogP contribution in [0.1, 0.15) is 11.4 Å². The molecular formula is C12H12ClF3N4. The number of nitrogens with zero attached hydrogens (tertiary/aromatic N) is 3. The normalized spacial score (nSPS) is 11.7. The summed E-state index contributed by atoms with van der Waals surface area (Å²) in [6, 6.07) is 0.859. The molecule has 0 aliphatic heterocycles. The minimum Gasteiger partial charge on any atom is -0.368 e. The molecule has 0 amide bonds. The van der Waals surface area contributed by atoms with Crippen molar-refractivity contribution < 1.29 is 13.2 Å². The molecule has 4 nitrogen and oxygen atoms in total. The molecule has 2 aromatic heterocycles. The zero-order valence-corrected chi connectivity index (χ0v) is 11.3. The molecule has 0 spiro atoms. The van der Waals surface area contributed by atoms with Gasteiger partial charge in [0.05, 0.1) is 10.6 Å². The number of pyridine rings is 1. The maximum atomic E-state index is 12.5. The van der Waals surface area contributed by atoms with Crippen LogP contribution in [0.15, 0.2) is 24.7 Å². The molecule has 1 N–H and O–H groups in total. The van der Waals surface area contributed by atoms with E-state index >= 15 is 0 Å². The number of hydrogen-bond donors (Lipinski definition) is 1. The lowest BCUT2D eigenvalue weighted by Crippen LogP contribution is -2.11. The van der Waals surface area contributed by atoms with Crippen LogP contribution in [0.5, 0.6) is 0 Å². The Morgan fingerprint density at radius 3 is 2.65 bits per heavy atom. The zero-order chi connectivity index (χ0) is 14.8. The number of aromatic nitrogens is 3. The summed E-state index contributed by atoms with van der Waals surface area (Å²) >= 11 is 5.78. The van der Waals surface area contributed by atoms with Crippen molar-refractivity contribution >= 4 is 17.4 Å². The molecule has 0 saturated carbocycles. The smallest absolute Gasteiger partial charge is 0.368 e. The summed E-state index contributed by atoms with van der Waals surface area (Å²) in [5.74, 6) is 1.09. The molecule has 0 aliphatic rings. The zero-order valence-electron chi connectivity index (χ0n) is 10.6. The van der Waals surface area contributed by atoms with Gasteiger partial charge in [0.25, 0.3) is 0 Å². The summed E-state index contributed by atoms with van der Waals surface area (Å²) in [5, 5.41) is 2.84. The fraction of sp³-hybridized carbons (Fsp3) is 0.333. The van der Waals surface area contributed by atoms with E-state index in [1.54, 1.807) is 6.20 Å². The fourth-order valence-corrected chi connectivity index (χ4v) is 1.89. The van der Waals surface area contributed by atoms with Gasteiger partial charge in [0.2, 0.25) is 0 Å². The van der Waals surface area contributed by atoms with Crippen molar-refractivity contribution in [3.63, 3.8) is 0 Å². The summed E-state index contributed by atoms with van der Waals surface area (Å²) in [4.78, 5) is 7.83. The number of nitrogens with one attached hydrogen (secondary N) is 1. The van der Waals surface area contributed by atoms with Gasteiger partial charge in [0.15, 0.2) is 0 Å². The Hall–Kier alpha value is -1.76. The van der Waals surface area contributed by atoms with E-state index in [2.05, 4.69) is 15.3 Å². The van der Waals surface area contributed by atoms with Crippen LogP contribution in [0.3, 0.4) is 0 Å². The molecule has 0 bridgehead atoms. The van der Waals surface area contributed by atoms with Gasteiger partial charge >= 0.3 is 6.18 Å². The number of imidazole rings is 1. The number of alkyl halides is 3. The van der Waals surface area contributed by atoms with E-state index in [9.17, 15) is 13.2 Å². The van der Waals surface area contributed by atoms with Gasteiger partial charge in [0, 0.05) is 38.6 Å². The van der Waals surface area contributed by atoms with E-state index in [0.717, 1.165) is 18.1 Å².